The smallest absolute Gasteiger partial charge is 0.196 e. The summed E-state index contributed by atoms with van der Waals surface area (Å²) >= 11 is 3.88. The fraction of sp³-hybridized carbons (Fsp3) is 0.385. The van der Waals surface area contributed by atoms with Gasteiger partial charge < -0.3 is 10.3 Å². The van der Waals surface area contributed by atoms with Gasteiger partial charge in [-0.05, 0) is 65.4 Å². The lowest BCUT2D eigenvalue weighted by Crippen LogP contribution is -2.02. The second-order valence-corrected chi connectivity index (χ2v) is 6.90. The van der Waals surface area contributed by atoms with Crippen LogP contribution in [0.1, 0.15) is 25.1 Å². The summed E-state index contributed by atoms with van der Waals surface area (Å²) in [5.41, 5.74) is 6.87. The molecule has 6 heteroatoms. The number of nitrogen functional groups attached to an aromatic ring is 1. The van der Waals surface area contributed by atoms with Crippen LogP contribution in [0.15, 0.2) is 28.3 Å². The molecule has 100 valence electrons. The number of anilines is 1. The van der Waals surface area contributed by atoms with Gasteiger partial charge >= 0.3 is 0 Å². The number of benzene rings is 1. The van der Waals surface area contributed by atoms with Crippen molar-refractivity contribution in [1.82, 2.24) is 14.8 Å². The first-order valence-corrected chi connectivity index (χ1v) is 8.28. The number of nitrogens with zero attached hydrogens (tertiary/aromatic N) is 3. The van der Waals surface area contributed by atoms with E-state index in [0.29, 0.717) is 0 Å². The minimum Gasteiger partial charge on any atom is -0.398 e. The summed E-state index contributed by atoms with van der Waals surface area (Å²) in [4.78, 5) is 1.06. The number of aryl methyl sites for hydroxylation is 1. The predicted octanol–water partition coefficient (Wildman–Crippen LogP) is 3.34. The summed E-state index contributed by atoms with van der Waals surface area (Å²) in [5, 5.41) is 9.59. The van der Waals surface area contributed by atoms with Crippen molar-refractivity contribution in [1.29, 1.82) is 0 Å². The van der Waals surface area contributed by atoms with Crippen LogP contribution in [0.4, 0.5) is 5.69 Å². The Morgan fingerprint density at radius 2 is 2.11 bits per heavy atom. The van der Waals surface area contributed by atoms with Crippen molar-refractivity contribution in [2.24, 2.45) is 0 Å². The Bertz CT molecular complexity index is 596. The van der Waals surface area contributed by atoms with E-state index >= 15 is 0 Å². The molecule has 1 aromatic carbocycles. The second kappa shape index (κ2) is 5.70. The Morgan fingerprint density at radius 3 is 2.95 bits per heavy atom. The molecule has 2 aromatic rings. The van der Waals surface area contributed by atoms with Gasteiger partial charge in [0.05, 0.1) is 0 Å². The zero-order chi connectivity index (χ0) is 13.2. The molecular formula is C13H15IN4S. The monoisotopic (exact) mass is 386 g/mol. The average Bonchev–Trinajstić information content (AvgIpc) is 2.61. The Morgan fingerprint density at radius 1 is 1.21 bits per heavy atom. The van der Waals surface area contributed by atoms with Gasteiger partial charge in [0.1, 0.15) is 5.82 Å². The third-order valence-corrected chi connectivity index (χ3v) is 5.00. The van der Waals surface area contributed by atoms with Crippen molar-refractivity contribution >= 4 is 40.0 Å². The van der Waals surface area contributed by atoms with Gasteiger partial charge in [0.25, 0.3) is 0 Å². The van der Waals surface area contributed by atoms with Crippen LogP contribution in [0.25, 0.3) is 0 Å². The third-order valence-electron chi connectivity index (χ3n) is 3.25. The number of hydrogen-bond acceptors (Lipinski definition) is 4. The highest BCUT2D eigenvalue weighted by molar-refractivity contribution is 14.1. The maximum absolute atomic E-state index is 6.06. The zero-order valence-corrected chi connectivity index (χ0v) is 13.4. The average molecular weight is 386 g/mol. The van der Waals surface area contributed by atoms with E-state index in [1.54, 1.807) is 11.8 Å². The van der Waals surface area contributed by atoms with Crippen LogP contribution < -0.4 is 5.73 Å². The fourth-order valence-electron chi connectivity index (χ4n) is 2.24. The largest absolute Gasteiger partial charge is 0.398 e. The van der Waals surface area contributed by atoms with Crippen molar-refractivity contribution < 1.29 is 0 Å². The Hall–Kier alpha value is -0.760. The maximum atomic E-state index is 6.06. The van der Waals surface area contributed by atoms with Crippen molar-refractivity contribution in [2.75, 3.05) is 5.73 Å². The number of hydrogen-bond donors (Lipinski definition) is 1. The highest BCUT2D eigenvalue weighted by Crippen LogP contribution is 2.33. The Labute approximate surface area is 130 Å². The molecule has 1 aliphatic rings. The zero-order valence-electron chi connectivity index (χ0n) is 10.5. The topological polar surface area (TPSA) is 56.7 Å². The molecule has 4 nitrogen and oxygen atoms in total. The predicted molar refractivity (Wildman–Crippen MR) is 85.3 cm³/mol. The molecule has 0 fully saturated rings. The molecule has 0 radical (unpaired) electrons. The molecule has 1 aliphatic heterocycles. The standard InChI is InChI=1S/C13H15IN4S/c14-9-5-6-11(10(15)8-9)19-13-17-16-12-4-2-1-3-7-18(12)13/h5-6,8H,1-4,7,15H2. The Balaban J connectivity index is 1.89. The minimum atomic E-state index is 0.808. The number of halogens is 1. The number of nitrogens with two attached hydrogens (primary N) is 1. The lowest BCUT2D eigenvalue weighted by molar-refractivity contribution is 0.591. The van der Waals surface area contributed by atoms with Gasteiger partial charge in [-0.25, -0.2) is 0 Å². The highest BCUT2D eigenvalue weighted by atomic mass is 127. The van der Waals surface area contributed by atoms with Crippen LogP contribution >= 0.6 is 34.4 Å². The van der Waals surface area contributed by atoms with E-state index < -0.39 is 0 Å². The molecule has 0 unspecified atom stereocenters. The lowest BCUT2D eigenvalue weighted by Gasteiger charge is -2.08. The number of fused-ring (bicyclic) bond motifs is 1. The van der Waals surface area contributed by atoms with E-state index in [0.717, 1.165) is 38.1 Å². The molecule has 1 aromatic heterocycles. The summed E-state index contributed by atoms with van der Waals surface area (Å²) in [6.45, 7) is 1.02. The van der Waals surface area contributed by atoms with Gasteiger partial charge in [0.15, 0.2) is 5.16 Å². The summed E-state index contributed by atoms with van der Waals surface area (Å²) in [6, 6.07) is 6.11. The summed E-state index contributed by atoms with van der Waals surface area (Å²) in [6.07, 6.45) is 4.74. The molecule has 0 bridgehead atoms. The molecule has 3 rings (SSSR count). The first kappa shape index (κ1) is 13.2. The van der Waals surface area contributed by atoms with Crippen molar-refractivity contribution in [3.8, 4) is 0 Å². The first-order valence-electron chi connectivity index (χ1n) is 6.39. The van der Waals surface area contributed by atoms with E-state index in [1.807, 2.05) is 6.07 Å². The molecule has 0 saturated carbocycles. The highest BCUT2D eigenvalue weighted by Gasteiger charge is 2.16. The summed E-state index contributed by atoms with van der Waals surface area (Å²) < 4.78 is 3.40. The minimum absolute atomic E-state index is 0.808. The molecule has 0 atom stereocenters. The molecule has 0 amide bonds. The molecule has 0 saturated heterocycles. The quantitative estimate of drug-likeness (QED) is 0.636. The van der Waals surface area contributed by atoms with Crippen LogP contribution in [-0.2, 0) is 13.0 Å². The molecule has 0 aliphatic carbocycles. The van der Waals surface area contributed by atoms with Gasteiger partial charge in [-0.1, -0.05) is 6.42 Å². The normalized spacial score (nSPS) is 15.0. The van der Waals surface area contributed by atoms with E-state index in [9.17, 15) is 0 Å². The van der Waals surface area contributed by atoms with Crippen LogP contribution in [-0.4, -0.2) is 14.8 Å². The van der Waals surface area contributed by atoms with Gasteiger partial charge in [-0.15, -0.1) is 10.2 Å². The molecule has 2 heterocycles. The van der Waals surface area contributed by atoms with Gasteiger partial charge in [0, 0.05) is 27.1 Å². The Kier molecular flexibility index (Phi) is 3.97. The van der Waals surface area contributed by atoms with Crippen molar-refractivity contribution in [2.45, 2.75) is 42.3 Å². The van der Waals surface area contributed by atoms with Crippen LogP contribution in [0.5, 0.6) is 0 Å². The summed E-state index contributed by atoms with van der Waals surface area (Å²) in [5.74, 6) is 1.11. The van der Waals surface area contributed by atoms with Crippen molar-refractivity contribution in [3.05, 3.63) is 27.6 Å². The maximum Gasteiger partial charge on any atom is 0.196 e. The molecule has 19 heavy (non-hydrogen) atoms. The third kappa shape index (κ3) is 2.89. The fourth-order valence-corrected chi connectivity index (χ4v) is 3.66. The van der Waals surface area contributed by atoms with Crippen LogP contribution in [0.2, 0.25) is 0 Å². The van der Waals surface area contributed by atoms with E-state index in [-0.39, 0.29) is 0 Å². The van der Waals surface area contributed by atoms with E-state index in [1.165, 1.54) is 19.3 Å². The van der Waals surface area contributed by atoms with Gasteiger partial charge in [-0.2, -0.15) is 0 Å². The van der Waals surface area contributed by atoms with Gasteiger partial charge in [0.2, 0.25) is 0 Å². The molecule has 0 spiro atoms. The summed E-state index contributed by atoms with van der Waals surface area (Å²) in [7, 11) is 0. The second-order valence-electron chi connectivity index (χ2n) is 4.65. The lowest BCUT2D eigenvalue weighted by atomic mass is 10.2. The van der Waals surface area contributed by atoms with Crippen LogP contribution in [0.3, 0.4) is 0 Å². The molecular weight excluding hydrogens is 371 g/mol. The SMILES string of the molecule is Nc1cc(I)ccc1Sc1nnc2n1CCCCC2. The van der Waals surface area contributed by atoms with Gasteiger partial charge in [-0.3, -0.25) is 0 Å². The van der Waals surface area contributed by atoms with Crippen molar-refractivity contribution in [3.63, 3.8) is 0 Å². The number of aromatic nitrogens is 3. The van der Waals surface area contributed by atoms with E-state index in [4.69, 9.17) is 5.73 Å². The number of rotatable bonds is 2. The van der Waals surface area contributed by atoms with Crippen LogP contribution in [0, 0.1) is 3.57 Å². The molecule has 2 N–H and O–H groups in total. The first-order chi connectivity index (χ1) is 9.24. The van der Waals surface area contributed by atoms with E-state index in [2.05, 4.69) is 49.5 Å².